The summed E-state index contributed by atoms with van der Waals surface area (Å²) in [7, 11) is -5.38. The van der Waals surface area contributed by atoms with E-state index in [1.54, 1.807) is 0 Å². The minimum absolute atomic E-state index is 0.192. The highest BCUT2D eigenvalue weighted by atomic mass is 28.3. The van der Waals surface area contributed by atoms with Crippen molar-refractivity contribution in [3.8, 4) is 22.3 Å². The summed E-state index contributed by atoms with van der Waals surface area (Å²) >= 11 is 0. The van der Waals surface area contributed by atoms with Crippen molar-refractivity contribution in [2.45, 2.75) is 38.5 Å². The Morgan fingerprint density at radius 1 is 0.226 bits per heavy atom. The maximum atomic E-state index is 2.60. The number of hydrogen-bond donors (Lipinski definition) is 0. The molecule has 0 fully saturated rings. The Balaban J connectivity index is 1.08. The van der Waals surface area contributed by atoms with E-state index in [-0.39, 0.29) is 10.8 Å². The Hall–Kier alpha value is -6.59. The van der Waals surface area contributed by atoms with Gasteiger partial charge in [-0.05, 0) is 98.1 Å². The van der Waals surface area contributed by atoms with Crippen molar-refractivity contribution in [3.05, 3.63) is 253 Å². The monoisotopic (exact) mass is 826 g/mol. The first-order valence-corrected chi connectivity index (χ1v) is 26.1. The maximum absolute atomic E-state index is 2.69. The summed E-state index contributed by atoms with van der Waals surface area (Å²) in [5.41, 5.74) is 10.8. The molecule has 0 aromatic heterocycles. The first-order valence-electron chi connectivity index (χ1n) is 22.1. The molecule has 0 saturated heterocycles. The fourth-order valence-electron chi connectivity index (χ4n) is 11.6. The molecule has 0 N–H and O–H groups in total. The first kappa shape index (κ1) is 38.3. The summed E-state index contributed by atoms with van der Waals surface area (Å²) in [5, 5.41) is 11.3. The molecule has 0 heterocycles. The molecular weight excluding hydrogens is 777 g/mol. The third-order valence-corrected chi connectivity index (χ3v) is 24.1. The summed E-state index contributed by atoms with van der Waals surface area (Å²) in [6.45, 7) is 9.81. The van der Waals surface area contributed by atoms with Gasteiger partial charge in [-0.3, -0.25) is 0 Å². The van der Waals surface area contributed by atoms with Gasteiger partial charge in [0.1, 0.15) is 0 Å². The predicted octanol–water partition coefficient (Wildman–Crippen LogP) is 9.05. The van der Waals surface area contributed by atoms with E-state index >= 15 is 0 Å². The lowest BCUT2D eigenvalue weighted by molar-refractivity contribution is 0.652. The second kappa shape index (κ2) is 14.5. The van der Waals surface area contributed by atoms with Gasteiger partial charge in [-0.25, -0.2) is 0 Å². The van der Waals surface area contributed by atoms with Crippen LogP contribution in [0, 0.1) is 0 Å². The van der Waals surface area contributed by atoms with E-state index in [4.69, 9.17) is 0 Å². The lowest BCUT2D eigenvalue weighted by Crippen LogP contribution is -2.74. The topological polar surface area (TPSA) is 0 Å². The molecule has 9 aromatic rings. The van der Waals surface area contributed by atoms with Crippen molar-refractivity contribution >= 4 is 57.6 Å². The molecule has 11 rings (SSSR count). The van der Waals surface area contributed by atoms with Crippen LogP contribution in [0.2, 0.25) is 0 Å². The Labute approximate surface area is 369 Å². The van der Waals surface area contributed by atoms with Crippen molar-refractivity contribution in [1.82, 2.24) is 0 Å². The molecule has 0 atom stereocenters. The largest absolute Gasteiger partial charge is 0.179 e. The molecule has 2 aliphatic rings. The van der Waals surface area contributed by atoms with Crippen molar-refractivity contribution in [1.29, 1.82) is 0 Å². The van der Waals surface area contributed by atoms with E-state index in [0.29, 0.717) is 0 Å². The molecule has 9 aromatic carbocycles. The molecule has 0 unspecified atom stereocenters. The molecule has 62 heavy (non-hydrogen) atoms. The van der Waals surface area contributed by atoms with Crippen molar-refractivity contribution < 1.29 is 0 Å². The summed E-state index contributed by atoms with van der Waals surface area (Å²) in [6.07, 6.45) is 0. The minimum atomic E-state index is -2.69. The summed E-state index contributed by atoms with van der Waals surface area (Å²) < 4.78 is 0. The molecule has 298 valence electrons. The Morgan fingerprint density at radius 2 is 0.452 bits per heavy atom. The molecule has 0 spiro atoms. The van der Waals surface area contributed by atoms with Crippen LogP contribution in [0.25, 0.3) is 22.3 Å². The molecule has 0 nitrogen and oxygen atoms in total. The van der Waals surface area contributed by atoms with Gasteiger partial charge in [0, 0.05) is 10.8 Å². The van der Waals surface area contributed by atoms with E-state index < -0.39 is 16.1 Å². The van der Waals surface area contributed by atoms with Crippen LogP contribution >= 0.6 is 0 Å². The molecule has 2 aliphatic carbocycles. The standard InChI is InChI=1S/C60H50Si2/c1-59(2)55-39-49(61(43-23-11-5-12-24-43,44-25-13-6-14-26-44)45-27-15-7-16-28-45)35-37-51(55)53-42-58-54(41-57(53)59)52-38-36-50(40-56(52)60(58,3)4)62(46-29-17-8-18-30-46,47-31-19-9-20-32-47)48-33-21-10-22-34-48/h5-42H,1-4H3. The lowest BCUT2D eigenvalue weighted by Gasteiger charge is -2.35. The molecule has 0 aliphatic heterocycles. The van der Waals surface area contributed by atoms with E-state index in [9.17, 15) is 0 Å². The second-order valence-electron chi connectivity index (χ2n) is 18.4. The average Bonchev–Trinajstić information content (AvgIpc) is 3.69. The van der Waals surface area contributed by atoms with E-state index in [2.05, 4.69) is 258 Å². The normalized spacial score (nSPS) is 14.4. The van der Waals surface area contributed by atoms with E-state index in [0.717, 1.165) is 0 Å². The van der Waals surface area contributed by atoms with Crippen molar-refractivity contribution in [2.75, 3.05) is 0 Å². The van der Waals surface area contributed by atoms with Crippen molar-refractivity contribution in [3.63, 3.8) is 0 Å². The maximum Gasteiger partial charge on any atom is 0.179 e. The fraction of sp³-hybridized carbons (Fsp3) is 0.100. The average molecular weight is 827 g/mol. The first-order chi connectivity index (χ1) is 30.3. The predicted molar refractivity (Wildman–Crippen MR) is 269 cm³/mol. The van der Waals surface area contributed by atoms with Gasteiger partial charge in [-0.1, -0.05) is 246 Å². The SMILES string of the molecule is CC1(C)c2cc([Si](c3ccccc3)(c3ccccc3)c3ccccc3)ccc2-c2cc3c(cc21)-c1ccc([Si](c2ccccc2)(c2ccccc2)c2ccccc2)cc1C3(C)C. The highest BCUT2D eigenvalue weighted by molar-refractivity contribution is 7.20. The summed E-state index contributed by atoms with van der Waals surface area (Å²) in [4.78, 5) is 0. The number of hydrogen-bond acceptors (Lipinski definition) is 0. The lowest BCUT2D eigenvalue weighted by atomic mass is 9.79. The quantitative estimate of drug-likeness (QED) is 0.106. The van der Waals surface area contributed by atoms with Crippen LogP contribution in [0.1, 0.15) is 49.9 Å². The Bertz CT molecular complexity index is 2680. The van der Waals surface area contributed by atoms with Crippen LogP contribution in [0.5, 0.6) is 0 Å². The van der Waals surface area contributed by atoms with Crippen LogP contribution < -0.4 is 41.5 Å². The van der Waals surface area contributed by atoms with Gasteiger partial charge >= 0.3 is 0 Å². The fourth-order valence-corrected chi connectivity index (χ4v) is 21.1. The Morgan fingerprint density at radius 3 is 0.694 bits per heavy atom. The Kier molecular flexibility index (Phi) is 8.98. The molecule has 0 amide bonds. The van der Waals surface area contributed by atoms with Gasteiger partial charge in [-0.15, -0.1) is 0 Å². The van der Waals surface area contributed by atoms with Crippen LogP contribution in [0.4, 0.5) is 0 Å². The second-order valence-corrected chi connectivity index (χ2v) is 26.0. The van der Waals surface area contributed by atoms with Crippen LogP contribution in [-0.2, 0) is 10.8 Å². The molecule has 0 bridgehead atoms. The minimum Gasteiger partial charge on any atom is -0.0623 e. The van der Waals surface area contributed by atoms with Gasteiger partial charge in [0.05, 0.1) is 0 Å². The van der Waals surface area contributed by atoms with Gasteiger partial charge in [0.25, 0.3) is 0 Å². The number of fused-ring (bicyclic) bond motifs is 6. The molecular formula is C60H50Si2. The summed E-state index contributed by atoms with van der Waals surface area (Å²) in [5.74, 6) is 0. The number of rotatable bonds is 8. The van der Waals surface area contributed by atoms with Gasteiger partial charge in [-0.2, -0.15) is 0 Å². The zero-order valence-corrected chi connectivity index (χ0v) is 37.9. The molecule has 0 radical (unpaired) electrons. The summed E-state index contributed by atoms with van der Waals surface area (Å²) in [6, 6.07) is 88.1. The van der Waals surface area contributed by atoms with E-state index in [1.807, 2.05) is 0 Å². The van der Waals surface area contributed by atoms with Gasteiger partial charge < -0.3 is 0 Å². The van der Waals surface area contributed by atoms with Gasteiger partial charge in [0.2, 0.25) is 0 Å². The third kappa shape index (κ3) is 5.49. The van der Waals surface area contributed by atoms with Gasteiger partial charge in [0.15, 0.2) is 16.1 Å². The highest BCUT2D eigenvalue weighted by Crippen LogP contribution is 2.55. The number of benzene rings is 9. The smallest absolute Gasteiger partial charge is 0.0623 e. The van der Waals surface area contributed by atoms with E-state index in [1.165, 1.54) is 86.0 Å². The van der Waals surface area contributed by atoms with Crippen LogP contribution in [0.3, 0.4) is 0 Å². The third-order valence-electron chi connectivity index (χ3n) is 14.6. The zero-order valence-electron chi connectivity index (χ0n) is 35.9. The van der Waals surface area contributed by atoms with Crippen LogP contribution in [-0.4, -0.2) is 16.1 Å². The molecule has 2 heteroatoms. The zero-order chi connectivity index (χ0) is 42.1. The molecule has 0 saturated carbocycles. The van der Waals surface area contributed by atoms with Crippen LogP contribution in [0.15, 0.2) is 231 Å². The highest BCUT2D eigenvalue weighted by Gasteiger charge is 2.47. The van der Waals surface area contributed by atoms with Crippen molar-refractivity contribution in [2.24, 2.45) is 0 Å².